The molecule has 0 bridgehead atoms. The molecule has 0 aromatic carbocycles. The normalized spacial score (nSPS) is 24.7. The van der Waals surface area contributed by atoms with Crippen LogP contribution in [0.5, 0.6) is 0 Å². The van der Waals surface area contributed by atoms with Crippen LogP contribution < -0.4 is 0 Å². The number of aromatic nitrogens is 2. The van der Waals surface area contributed by atoms with Crippen molar-refractivity contribution in [1.29, 1.82) is 0 Å². The zero-order valence-electron chi connectivity index (χ0n) is 18.2. The van der Waals surface area contributed by atoms with Crippen molar-refractivity contribution in [2.45, 2.75) is 83.5 Å². The van der Waals surface area contributed by atoms with E-state index in [0.29, 0.717) is 11.5 Å². The summed E-state index contributed by atoms with van der Waals surface area (Å²) in [6, 6.07) is 1.78. The molecule has 5 nitrogen and oxygen atoms in total. The van der Waals surface area contributed by atoms with Crippen LogP contribution in [0.25, 0.3) is 0 Å². The molecular formula is C21H34F3N3O2S. The Morgan fingerprint density at radius 1 is 1.03 bits per heavy atom. The first kappa shape index (κ1) is 23.6. The van der Waals surface area contributed by atoms with Gasteiger partial charge in [0.2, 0.25) is 0 Å². The maximum Gasteiger partial charge on any atom is 0.435 e. The summed E-state index contributed by atoms with van der Waals surface area (Å²) in [4.78, 5) is 2.63. The molecule has 0 atom stereocenters. The van der Waals surface area contributed by atoms with E-state index in [1.807, 2.05) is 0 Å². The van der Waals surface area contributed by atoms with Crippen LogP contribution in [0.1, 0.15) is 71.4 Å². The van der Waals surface area contributed by atoms with Gasteiger partial charge in [-0.25, -0.2) is 8.42 Å². The number of alkyl halides is 3. The van der Waals surface area contributed by atoms with Crippen LogP contribution in [-0.4, -0.2) is 53.7 Å². The lowest BCUT2D eigenvalue weighted by atomic mass is 9.80. The third-order valence-electron chi connectivity index (χ3n) is 6.57. The van der Waals surface area contributed by atoms with E-state index in [1.54, 1.807) is 20.8 Å². The first-order chi connectivity index (χ1) is 13.8. The van der Waals surface area contributed by atoms with E-state index in [9.17, 15) is 21.6 Å². The minimum atomic E-state index is -4.35. The first-order valence-electron chi connectivity index (χ1n) is 10.9. The molecule has 0 radical (unpaired) electrons. The molecule has 0 N–H and O–H groups in total. The minimum Gasteiger partial charge on any atom is -0.300 e. The Morgan fingerprint density at radius 2 is 1.60 bits per heavy atom. The number of sulfone groups is 1. The van der Waals surface area contributed by atoms with E-state index in [0.717, 1.165) is 38.0 Å². The zero-order valence-corrected chi connectivity index (χ0v) is 19.0. The van der Waals surface area contributed by atoms with Gasteiger partial charge in [-0.1, -0.05) is 19.3 Å². The van der Waals surface area contributed by atoms with Gasteiger partial charge in [-0.2, -0.15) is 18.3 Å². The van der Waals surface area contributed by atoms with Crippen molar-refractivity contribution >= 4 is 9.84 Å². The highest BCUT2D eigenvalue weighted by atomic mass is 32.2. The largest absolute Gasteiger partial charge is 0.435 e. The standard InChI is InChI=1S/C13H23NO2S.C8H11F3N2/c15-17(16)10-13(11-17)6-8-14(9-7-13)12-4-2-1-3-5-12;1-7(2,3)13-5-4-6(12-13)8(9,10)11/h12H,1-11H2;4-5H,1-3H3. The predicted molar refractivity (Wildman–Crippen MR) is 111 cm³/mol. The molecular weight excluding hydrogens is 415 g/mol. The highest BCUT2D eigenvalue weighted by Gasteiger charge is 2.49. The van der Waals surface area contributed by atoms with Crippen LogP contribution in [0.15, 0.2) is 12.3 Å². The first-order valence-corrected chi connectivity index (χ1v) is 12.7. The Morgan fingerprint density at radius 3 is 2.00 bits per heavy atom. The van der Waals surface area contributed by atoms with E-state index in [2.05, 4.69) is 10.00 Å². The van der Waals surface area contributed by atoms with Crippen LogP contribution in [0.4, 0.5) is 13.2 Å². The molecule has 1 aliphatic carbocycles. The summed E-state index contributed by atoms with van der Waals surface area (Å²) in [6.07, 6.45) is 6.13. The predicted octanol–water partition coefficient (Wildman–Crippen LogP) is 4.49. The topological polar surface area (TPSA) is 55.2 Å². The molecule has 1 aromatic rings. The third kappa shape index (κ3) is 5.78. The van der Waals surface area contributed by atoms with Crippen LogP contribution in [0.2, 0.25) is 0 Å². The molecule has 1 saturated carbocycles. The molecule has 1 spiro atoms. The number of likely N-dealkylation sites (tertiary alicyclic amines) is 1. The second-order valence-electron chi connectivity index (χ2n) is 10.2. The van der Waals surface area contributed by atoms with Gasteiger partial charge in [-0.15, -0.1) is 0 Å². The summed E-state index contributed by atoms with van der Waals surface area (Å²) in [5, 5.41) is 3.44. The van der Waals surface area contributed by atoms with Gasteiger partial charge in [0.1, 0.15) is 0 Å². The molecule has 4 rings (SSSR count). The molecule has 9 heteroatoms. The fraction of sp³-hybridized carbons (Fsp3) is 0.857. The van der Waals surface area contributed by atoms with E-state index in [1.165, 1.54) is 43.0 Å². The smallest absolute Gasteiger partial charge is 0.300 e. The molecule has 3 aliphatic rings. The summed E-state index contributed by atoms with van der Waals surface area (Å²) < 4.78 is 60.3. The molecule has 0 amide bonds. The van der Waals surface area contributed by atoms with Crippen LogP contribution in [0.3, 0.4) is 0 Å². The second-order valence-corrected chi connectivity index (χ2v) is 12.2. The molecule has 0 unspecified atom stereocenters. The monoisotopic (exact) mass is 449 g/mol. The van der Waals surface area contributed by atoms with Crippen LogP contribution >= 0.6 is 0 Å². The van der Waals surface area contributed by atoms with Crippen molar-refractivity contribution in [3.8, 4) is 0 Å². The number of rotatable bonds is 1. The fourth-order valence-electron chi connectivity index (χ4n) is 4.84. The highest BCUT2D eigenvalue weighted by Crippen LogP contribution is 2.43. The average molecular weight is 450 g/mol. The lowest BCUT2D eigenvalue weighted by Crippen LogP contribution is -2.56. The number of hydrogen-bond donors (Lipinski definition) is 0. The lowest BCUT2D eigenvalue weighted by molar-refractivity contribution is -0.141. The van der Waals surface area contributed by atoms with Gasteiger partial charge in [0.15, 0.2) is 15.5 Å². The average Bonchev–Trinajstić information content (AvgIpc) is 3.13. The van der Waals surface area contributed by atoms with Crippen molar-refractivity contribution in [1.82, 2.24) is 14.7 Å². The van der Waals surface area contributed by atoms with Crippen molar-refractivity contribution < 1.29 is 21.6 Å². The van der Waals surface area contributed by atoms with Gasteiger partial charge < -0.3 is 4.90 Å². The van der Waals surface area contributed by atoms with Crippen molar-refractivity contribution in [3.63, 3.8) is 0 Å². The van der Waals surface area contributed by atoms with Gasteiger partial charge in [0.05, 0.1) is 17.0 Å². The number of piperidine rings is 1. The Kier molecular flexibility index (Phi) is 6.64. The number of nitrogens with zero attached hydrogens (tertiary/aromatic N) is 3. The van der Waals surface area contributed by atoms with Crippen molar-refractivity contribution in [3.05, 3.63) is 18.0 Å². The molecule has 2 saturated heterocycles. The van der Waals surface area contributed by atoms with Gasteiger partial charge >= 0.3 is 6.18 Å². The summed E-state index contributed by atoms with van der Waals surface area (Å²) in [6.45, 7) is 7.65. The van der Waals surface area contributed by atoms with Gasteiger partial charge in [-0.05, 0) is 65.6 Å². The quantitative estimate of drug-likeness (QED) is 0.634. The Balaban J connectivity index is 0.000000178. The molecule has 172 valence electrons. The fourth-order valence-corrected chi connectivity index (χ4v) is 7.20. The molecule has 1 aromatic heterocycles. The van der Waals surface area contributed by atoms with Gasteiger partial charge in [0.25, 0.3) is 0 Å². The summed E-state index contributed by atoms with van der Waals surface area (Å²) in [5.41, 5.74) is -1.07. The summed E-state index contributed by atoms with van der Waals surface area (Å²) in [7, 11) is -2.65. The molecule has 30 heavy (non-hydrogen) atoms. The Labute approximate surface area is 177 Å². The van der Waals surface area contributed by atoms with Gasteiger partial charge in [0, 0.05) is 17.7 Å². The second kappa shape index (κ2) is 8.45. The molecule has 3 heterocycles. The number of hydrogen-bond acceptors (Lipinski definition) is 4. The molecule has 2 aliphatic heterocycles. The van der Waals surface area contributed by atoms with Crippen molar-refractivity contribution in [2.24, 2.45) is 5.41 Å². The van der Waals surface area contributed by atoms with Crippen LogP contribution in [-0.2, 0) is 21.6 Å². The number of halogens is 3. The van der Waals surface area contributed by atoms with Gasteiger partial charge in [-0.3, -0.25) is 4.68 Å². The van der Waals surface area contributed by atoms with Crippen LogP contribution in [0, 0.1) is 5.41 Å². The molecule has 3 fully saturated rings. The van der Waals surface area contributed by atoms with E-state index in [-0.39, 0.29) is 5.41 Å². The zero-order chi connectivity index (χ0) is 22.2. The van der Waals surface area contributed by atoms with E-state index in [4.69, 9.17) is 0 Å². The maximum atomic E-state index is 12.1. The summed E-state index contributed by atoms with van der Waals surface area (Å²) in [5.74, 6) is 0.941. The highest BCUT2D eigenvalue weighted by molar-refractivity contribution is 7.92. The third-order valence-corrected chi connectivity index (χ3v) is 8.67. The Bertz CT molecular complexity index is 771. The minimum absolute atomic E-state index is 0.185. The Hall–Kier alpha value is -1.09. The maximum absolute atomic E-state index is 12.1. The van der Waals surface area contributed by atoms with Crippen molar-refractivity contribution in [2.75, 3.05) is 24.6 Å². The lowest BCUT2D eigenvalue weighted by Gasteiger charge is -2.49. The SMILES string of the molecule is CC(C)(C)n1ccc(C(F)(F)F)n1.O=S1(=O)CC2(CCN(C3CCCCC3)CC2)C1. The van der Waals surface area contributed by atoms with E-state index < -0.39 is 27.2 Å². The summed E-state index contributed by atoms with van der Waals surface area (Å²) >= 11 is 0. The van der Waals surface area contributed by atoms with E-state index >= 15 is 0 Å².